The first-order valence-corrected chi connectivity index (χ1v) is 9.87. The van der Waals surface area contributed by atoms with Crippen LogP contribution in [-0.4, -0.2) is 39.8 Å². The van der Waals surface area contributed by atoms with E-state index in [2.05, 4.69) is 0 Å². The first-order valence-electron chi connectivity index (χ1n) is 9.87. The van der Waals surface area contributed by atoms with Gasteiger partial charge in [0.25, 0.3) is 0 Å². The molecule has 0 spiro atoms. The number of carbonyl (C=O) groups excluding carboxylic acids is 1. The van der Waals surface area contributed by atoms with E-state index >= 15 is 0 Å². The number of hydrogen-bond donors (Lipinski definition) is 2. The lowest BCUT2D eigenvalue weighted by Gasteiger charge is -2.43. The molecule has 27 heavy (non-hydrogen) atoms. The van der Waals surface area contributed by atoms with Crippen molar-refractivity contribution < 1.29 is 33.3 Å². The van der Waals surface area contributed by atoms with E-state index < -0.39 is 30.2 Å². The van der Waals surface area contributed by atoms with Crippen molar-refractivity contribution in [2.75, 3.05) is 0 Å². The van der Waals surface area contributed by atoms with Gasteiger partial charge in [-0.15, -0.1) is 0 Å². The largest absolute Gasteiger partial charge is 0.481 e. The quantitative estimate of drug-likeness (QED) is 0.435. The maximum Gasteiger partial charge on any atom is 0.303 e. The number of Topliss-reactive ketones (excluding diaryl/α,β-unsaturated/α-hetero) is 1. The molecule has 154 valence electrons. The Hall–Kier alpha value is -1.34. The van der Waals surface area contributed by atoms with Crippen LogP contribution < -0.4 is 0 Å². The lowest BCUT2D eigenvalue weighted by atomic mass is 9.82. The number of carboxylic acids is 1. The number of rotatable bonds is 10. The highest BCUT2D eigenvalue weighted by Crippen LogP contribution is 2.49. The summed E-state index contributed by atoms with van der Waals surface area (Å²) in [5, 5.41) is 19.0. The molecule has 0 aromatic rings. The number of ether oxygens (including phenoxy) is 1. The minimum absolute atomic E-state index is 0.0127. The van der Waals surface area contributed by atoms with E-state index in [-0.39, 0.29) is 36.9 Å². The molecule has 1 heterocycles. The number of alkyl halides is 2. The topological polar surface area (TPSA) is 83.8 Å². The smallest absolute Gasteiger partial charge is 0.303 e. The fourth-order valence-electron chi connectivity index (χ4n) is 4.09. The number of carbonyl (C=O) groups is 2. The van der Waals surface area contributed by atoms with Crippen LogP contribution in [-0.2, 0) is 14.3 Å². The summed E-state index contributed by atoms with van der Waals surface area (Å²) in [4.78, 5) is 22.8. The Balaban J connectivity index is 1.90. The van der Waals surface area contributed by atoms with Gasteiger partial charge in [0.1, 0.15) is 5.78 Å². The van der Waals surface area contributed by atoms with Gasteiger partial charge in [0, 0.05) is 31.6 Å². The molecule has 0 aromatic carbocycles. The van der Waals surface area contributed by atoms with E-state index in [1.807, 2.05) is 19.1 Å². The third-order valence-electron chi connectivity index (χ3n) is 5.71. The van der Waals surface area contributed by atoms with Crippen molar-refractivity contribution in [2.45, 2.75) is 88.9 Å². The predicted octanol–water partition coefficient (Wildman–Crippen LogP) is 4.09. The summed E-state index contributed by atoms with van der Waals surface area (Å²) in [5.41, 5.74) is 0. The van der Waals surface area contributed by atoms with Crippen molar-refractivity contribution in [1.82, 2.24) is 0 Å². The SMILES string of the molecule is CCCCC(F)(F)C1(O)CC[C@@H]2C(CC=CCCCC(=O)O)C(=O)C[C@H]2O1. The second kappa shape index (κ2) is 9.24. The van der Waals surface area contributed by atoms with Crippen LogP contribution in [0.5, 0.6) is 0 Å². The van der Waals surface area contributed by atoms with Crippen LogP contribution in [0.15, 0.2) is 12.2 Å². The van der Waals surface area contributed by atoms with E-state index in [0.29, 0.717) is 38.5 Å². The lowest BCUT2D eigenvalue weighted by molar-refractivity contribution is -0.356. The number of halogens is 2. The Morgan fingerprint density at radius 2 is 2.11 bits per heavy atom. The molecule has 0 radical (unpaired) electrons. The first kappa shape index (κ1) is 22.0. The maximum atomic E-state index is 14.4. The van der Waals surface area contributed by atoms with Crippen LogP contribution in [0.25, 0.3) is 0 Å². The fraction of sp³-hybridized carbons (Fsp3) is 0.800. The highest BCUT2D eigenvalue weighted by Gasteiger charge is 2.59. The number of aliphatic hydroxyl groups is 1. The maximum absolute atomic E-state index is 14.4. The average molecular weight is 388 g/mol. The summed E-state index contributed by atoms with van der Waals surface area (Å²) in [5.74, 6) is -7.08. The second-order valence-electron chi connectivity index (χ2n) is 7.72. The summed E-state index contributed by atoms with van der Waals surface area (Å²) in [6.07, 6.45) is 5.57. The van der Waals surface area contributed by atoms with Crippen LogP contribution in [0, 0.1) is 11.8 Å². The van der Waals surface area contributed by atoms with Gasteiger partial charge in [-0.2, -0.15) is 0 Å². The van der Waals surface area contributed by atoms with Crippen molar-refractivity contribution >= 4 is 11.8 Å². The number of aliphatic carboxylic acids is 1. The Morgan fingerprint density at radius 1 is 1.37 bits per heavy atom. The van der Waals surface area contributed by atoms with Crippen LogP contribution in [0.1, 0.15) is 71.1 Å². The Kier molecular flexibility index (Phi) is 7.51. The van der Waals surface area contributed by atoms with Gasteiger partial charge in [-0.1, -0.05) is 25.5 Å². The molecule has 2 N–H and O–H groups in total. The molecule has 0 amide bonds. The van der Waals surface area contributed by atoms with Crippen LogP contribution in [0.4, 0.5) is 8.78 Å². The lowest BCUT2D eigenvalue weighted by Crippen LogP contribution is -2.55. The minimum Gasteiger partial charge on any atom is -0.481 e. The van der Waals surface area contributed by atoms with E-state index in [4.69, 9.17) is 9.84 Å². The second-order valence-corrected chi connectivity index (χ2v) is 7.72. The van der Waals surface area contributed by atoms with Gasteiger partial charge in [0.15, 0.2) is 0 Å². The molecule has 1 aliphatic heterocycles. The highest BCUT2D eigenvalue weighted by molar-refractivity contribution is 5.84. The molecule has 2 rings (SSSR count). The van der Waals surface area contributed by atoms with Crippen LogP contribution in [0.3, 0.4) is 0 Å². The van der Waals surface area contributed by atoms with Gasteiger partial charge >= 0.3 is 11.9 Å². The van der Waals surface area contributed by atoms with E-state index in [1.165, 1.54) is 0 Å². The Labute approximate surface area is 158 Å². The zero-order valence-electron chi connectivity index (χ0n) is 15.8. The molecule has 7 heteroatoms. The number of hydrogen-bond acceptors (Lipinski definition) is 4. The molecule has 1 aliphatic carbocycles. The number of carboxylic acid groups (broad SMARTS) is 1. The summed E-state index contributed by atoms with van der Waals surface area (Å²) in [7, 11) is 0. The van der Waals surface area contributed by atoms with Crippen LogP contribution >= 0.6 is 0 Å². The summed E-state index contributed by atoms with van der Waals surface area (Å²) < 4.78 is 34.2. The van der Waals surface area contributed by atoms with Crippen molar-refractivity contribution in [3.63, 3.8) is 0 Å². The first-order chi connectivity index (χ1) is 12.7. The molecule has 2 unspecified atom stereocenters. The molecular weight excluding hydrogens is 358 g/mol. The van der Waals surface area contributed by atoms with Crippen molar-refractivity contribution in [3.8, 4) is 0 Å². The van der Waals surface area contributed by atoms with E-state index in [0.717, 1.165) is 0 Å². The van der Waals surface area contributed by atoms with Gasteiger partial charge in [-0.05, 0) is 38.0 Å². The molecule has 2 aliphatic rings. The van der Waals surface area contributed by atoms with Gasteiger partial charge < -0.3 is 14.9 Å². The van der Waals surface area contributed by atoms with Gasteiger partial charge in [-0.3, -0.25) is 9.59 Å². The Bertz CT molecular complexity index is 563. The number of fused-ring (bicyclic) bond motifs is 1. The summed E-state index contributed by atoms with van der Waals surface area (Å²) in [6.45, 7) is 1.81. The number of ketones is 1. The number of unbranched alkanes of at least 4 members (excludes halogenated alkanes) is 2. The van der Waals surface area contributed by atoms with Crippen molar-refractivity contribution in [3.05, 3.63) is 12.2 Å². The molecular formula is C20H30F2O5. The molecule has 4 atom stereocenters. The highest BCUT2D eigenvalue weighted by atomic mass is 19.3. The Morgan fingerprint density at radius 3 is 2.78 bits per heavy atom. The zero-order chi connectivity index (χ0) is 20.1. The predicted molar refractivity (Wildman–Crippen MR) is 95.4 cm³/mol. The average Bonchev–Trinajstić information content (AvgIpc) is 2.90. The normalized spacial score (nSPS) is 31.4. The minimum atomic E-state index is -3.32. The molecule has 1 saturated carbocycles. The molecule has 1 saturated heterocycles. The van der Waals surface area contributed by atoms with E-state index in [1.54, 1.807) is 0 Å². The van der Waals surface area contributed by atoms with E-state index in [9.17, 15) is 23.5 Å². The van der Waals surface area contributed by atoms with Gasteiger partial charge in [0.05, 0.1) is 6.10 Å². The van der Waals surface area contributed by atoms with Crippen molar-refractivity contribution in [1.29, 1.82) is 0 Å². The number of allylic oxidation sites excluding steroid dienone is 2. The molecule has 5 nitrogen and oxygen atoms in total. The third-order valence-corrected chi connectivity index (χ3v) is 5.71. The third kappa shape index (κ3) is 5.35. The van der Waals surface area contributed by atoms with Gasteiger partial charge in [-0.25, -0.2) is 8.78 Å². The standard InChI is InChI=1S/C20H30F2O5/c1-2-3-11-19(21,22)20(26)12-10-15-14(16(23)13-17(15)27-20)8-6-4-5-7-9-18(24)25/h4,6,14-15,17,26H,2-3,5,7-13H2,1H3,(H,24,25)/t14?,15-,17-,20?/m1/s1. The summed E-state index contributed by atoms with van der Waals surface area (Å²) in [6, 6.07) is 0. The fourth-order valence-corrected chi connectivity index (χ4v) is 4.09. The van der Waals surface area contributed by atoms with Crippen molar-refractivity contribution in [2.24, 2.45) is 11.8 Å². The molecule has 2 fully saturated rings. The molecule has 0 bridgehead atoms. The van der Waals surface area contributed by atoms with Crippen LogP contribution in [0.2, 0.25) is 0 Å². The van der Waals surface area contributed by atoms with Gasteiger partial charge in [0.2, 0.25) is 5.79 Å². The zero-order valence-corrected chi connectivity index (χ0v) is 15.8. The summed E-state index contributed by atoms with van der Waals surface area (Å²) >= 11 is 0. The molecule has 0 aromatic heterocycles. The monoisotopic (exact) mass is 388 g/mol.